The highest BCUT2D eigenvalue weighted by Gasteiger charge is 2.13. The monoisotopic (exact) mass is 285 g/mol. The summed E-state index contributed by atoms with van der Waals surface area (Å²) in [5.41, 5.74) is 3.44. The van der Waals surface area contributed by atoms with E-state index in [0.717, 1.165) is 11.1 Å². The van der Waals surface area contributed by atoms with Crippen LogP contribution in [0.1, 0.15) is 16.7 Å². The van der Waals surface area contributed by atoms with E-state index in [2.05, 4.69) is 17.9 Å². The van der Waals surface area contributed by atoms with Crippen molar-refractivity contribution in [2.75, 3.05) is 0 Å². The molecule has 0 aromatic heterocycles. The van der Waals surface area contributed by atoms with Crippen molar-refractivity contribution < 1.29 is 4.79 Å². The maximum absolute atomic E-state index is 12.0. The van der Waals surface area contributed by atoms with Gasteiger partial charge in [0, 0.05) is 6.54 Å². The van der Waals surface area contributed by atoms with Crippen molar-refractivity contribution in [3.63, 3.8) is 0 Å². The number of aryl methyl sites for hydroxylation is 1. The van der Waals surface area contributed by atoms with Gasteiger partial charge in [-0.15, -0.1) is 0 Å². The predicted molar refractivity (Wildman–Crippen MR) is 85.9 cm³/mol. The van der Waals surface area contributed by atoms with Gasteiger partial charge in [0.05, 0.1) is 5.25 Å². The van der Waals surface area contributed by atoms with Gasteiger partial charge in [-0.05, 0) is 24.5 Å². The van der Waals surface area contributed by atoms with Crippen molar-refractivity contribution in [1.82, 2.24) is 5.32 Å². The average Bonchev–Trinajstić information content (AvgIpc) is 2.47. The van der Waals surface area contributed by atoms with Gasteiger partial charge < -0.3 is 5.32 Å². The number of rotatable bonds is 5. The molecule has 2 rings (SSSR count). The fourth-order valence-corrected chi connectivity index (χ4v) is 2.25. The number of carbonyl (C=O) groups is 1. The van der Waals surface area contributed by atoms with Gasteiger partial charge in [-0.1, -0.05) is 60.2 Å². The smallest absolute Gasteiger partial charge is 0.233 e. The highest BCUT2D eigenvalue weighted by molar-refractivity contribution is 7.81. The number of nitrogens with one attached hydrogen (secondary N) is 1. The van der Waals surface area contributed by atoms with Crippen molar-refractivity contribution in [2.45, 2.75) is 25.1 Å². The molecule has 1 unspecified atom stereocenters. The first kappa shape index (κ1) is 14.7. The molecule has 0 heterocycles. The minimum absolute atomic E-state index is 0.0299. The van der Waals surface area contributed by atoms with Gasteiger partial charge in [0.15, 0.2) is 0 Å². The summed E-state index contributed by atoms with van der Waals surface area (Å²) < 4.78 is 0. The third kappa shape index (κ3) is 4.42. The van der Waals surface area contributed by atoms with E-state index in [1.165, 1.54) is 5.56 Å². The Kier molecular flexibility index (Phi) is 5.24. The Morgan fingerprint density at radius 1 is 1.05 bits per heavy atom. The lowest BCUT2D eigenvalue weighted by Gasteiger charge is -2.12. The Hall–Kier alpha value is -1.74. The fourth-order valence-electron chi connectivity index (χ4n) is 1.94. The van der Waals surface area contributed by atoms with Crippen LogP contribution in [0.15, 0.2) is 54.6 Å². The lowest BCUT2D eigenvalue weighted by Crippen LogP contribution is -2.32. The van der Waals surface area contributed by atoms with Crippen molar-refractivity contribution in [2.24, 2.45) is 0 Å². The van der Waals surface area contributed by atoms with Crippen molar-refractivity contribution >= 4 is 18.5 Å². The van der Waals surface area contributed by atoms with E-state index < -0.39 is 0 Å². The predicted octanol–water partition coefficient (Wildman–Crippen LogP) is 3.15. The highest BCUT2D eigenvalue weighted by Crippen LogP contribution is 2.08. The molecule has 20 heavy (non-hydrogen) atoms. The quantitative estimate of drug-likeness (QED) is 0.812. The molecule has 0 spiro atoms. The van der Waals surface area contributed by atoms with Gasteiger partial charge in [-0.3, -0.25) is 4.79 Å². The van der Waals surface area contributed by atoms with Crippen LogP contribution in [-0.4, -0.2) is 11.2 Å². The Labute approximate surface area is 125 Å². The van der Waals surface area contributed by atoms with E-state index >= 15 is 0 Å². The van der Waals surface area contributed by atoms with E-state index in [1.54, 1.807) is 0 Å². The van der Waals surface area contributed by atoms with Gasteiger partial charge in [-0.25, -0.2) is 0 Å². The number of amides is 1. The van der Waals surface area contributed by atoms with E-state index in [9.17, 15) is 4.79 Å². The molecule has 0 radical (unpaired) electrons. The standard InChI is InChI=1S/C17H19NOS/c1-13-7-9-15(10-8-13)12-18-17(19)16(20)11-14-5-3-2-4-6-14/h2-10,16,20H,11-12H2,1H3,(H,18,19). The Morgan fingerprint density at radius 2 is 1.70 bits per heavy atom. The molecule has 0 aliphatic heterocycles. The summed E-state index contributed by atoms with van der Waals surface area (Å²) in [5, 5.41) is 2.61. The largest absolute Gasteiger partial charge is 0.351 e. The van der Waals surface area contributed by atoms with E-state index in [-0.39, 0.29) is 11.2 Å². The molecule has 0 aliphatic carbocycles. The summed E-state index contributed by atoms with van der Waals surface area (Å²) in [7, 11) is 0. The normalized spacial score (nSPS) is 11.9. The van der Waals surface area contributed by atoms with Crippen molar-refractivity contribution in [3.05, 3.63) is 71.3 Å². The van der Waals surface area contributed by atoms with Crippen LogP contribution in [0.25, 0.3) is 0 Å². The molecule has 0 saturated heterocycles. The van der Waals surface area contributed by atoms with Gasteiger partial charge in [-0.2, -0.15) is 12.6 Å². The Bertz CT molecular complexity index is 551. The molecule has 2 nitrogen and oxygen atoms in total. The molecule has 2 aromatic carbocycles. The molecule has 0 bridgehead atoms. The summed E-state index contributed by atoms with van der Waals surface area (Å²) in [6, 6.07) is 18.1. The first-order chi connectivity index (χ1) is 9.65. The van der Waals surface area contributed by atoms with Crippen LogP contribution in [-0.2, 0) is 17.8 Å². The SMILES string of the molecule is Cc1ccc(CNC(=O)C(S)Cc2ccccc2)cc1. The zero-order valence-corrected chi connectivity index (χ0v) is 12.4. The number of hydrogen-bond acceptors (Lipinski definition) is 2. The Morgan fingerprint density at radius 3 is 2.35 bits per heavy atom. The zero-order valence-electron chi connectivity index (χ0n) is 11.5. The average molecular weight is 285 g/mol. The summed E-state index contributed by atoms with van der Waals surface area (Å²) in [4.78, 5) is 12.0. The third-order valence-electron chi connectivity index (χ3n) is 3.16. The number of benzene rings is 2. The number of hydrogen-bond donors (Lipinski definition) is 2. The summed E-state index contributed by atoms with van der Waals surface area (Å²) in [6.07, 6.45) is 0.643. The topological polar surface area (TPSA) is 29.1 Å². The lowest BCUT2D eigenvalue weighted by molar-refractivity contribution is -0.120. The second-order valence-corrected chi connectivity index (χ2v) is 5.53. The van der Waals surface area contributed by atoms with Crippen LogP contribution < -0.4 is 5.32 Å². The molecule has 1 atom stereocenters. The molecule has 2 aromatic rings. The minimum atomic E-state index is -0.317. The highest BCUT2D eigenvalue weighted by atomic mass is 32.1. The van der Waals surface area contributed by atoms with Crippen molar-refractivity contribution in [3.8, 4) is 0 Å². The molecule has 1 N–H and O–H groups in total. The second-order valence-electron chi connectivity index (χ2n) is 4.91. The maximum Gasteiger partial charge on any atom is 0.233 e. The van der Waals surface area contributed by atoms with Crippen LogP contribution in [0, 0.1) is 6.92 Å². The first-order valence-corrected chi connectivity index (χ1v) is 7.22. The molecule has 1 amide bonds. The minimum Gasteiger partial charge on any atom is -0.351 e. The molecule has 3 heteroatoms. The van der Waals surface area contributed by atoms with Crippen LogP contribution in [0.2, 0.25) is 0 Å². The maximum atomic E-state index is 12.0. The fraction of sp³-hybridized carbons (Fsp3) is 0.235. The molecular formula is C17H19NOS. The van der Waals surface area contributed by atoms with Crippen molar-refractivity contribution in [1.29, 1.82) is 0 Å². The lowest BCUT2D eigenvalue weighted by atomic mass is 10.1. The van der Waals surface area contributed by atoms with E-state index in [1.807, 2.05) is 61.5 Å². The third-order valence-corrected chi connectivity index (χ3v) is 3.58. The zero-order chi connectivity index (χ0) is 14.4. The van der Waals surface area contributed by atoms with Crippen LogP contribution in [0.5, 0.6) is 0 Å². The van der Waals surface area contributed by atoms with E-state index in [0.29, 0.717) is 13.0 Å². The van der Waals surface area contributed by atoms with Gasteiger partial charge in [0.2, 0.25) is 5.91 Å². The van der Waals surface area contributed by atoms with Crippen LogP contribution in [0.4, 0.5) is 0 Å². The van der Waals surface area contributed by atoms with Crippen LogP contribution >= 0.6 is 12.6 Å². The summed E-state index contributed by atoms with van der Waals surface area (Å²) in [5.74, 6) is -0.0299. The summed E-state index contributed by atoms with van der Waals surface area (Å²) in [6.45, 7) is 2.59. The first-order valence-electron chi connectivity index (χ1n) is 6.70. The Balaban J connectivity index is 1.83. The molecule has 0 fully saturated rings. The van der Waals surface area contributed by atoms with Gasteiger partial charge in [0.25, 0.3) is 0 Å². The molecule has 104 valence electrons. The summed E-state index contributed by atoms with van der Waals surface area (Å²) >= 11 is 4.39. The molecular weight excluding hydrogens is 266 g/mol. The number of thiol groups is 1. The van der Waals surface area contributed by atoms with Crippen LogP contribution in [0.3, 0.4) is 0 Å². The number of carbonyl (C=O) groups excluding carboxylic acids is 1. The van der Waals surface area contributed by atoms with Gasteiger partial charge >= 0.3 is 0 Å². The van der Waals surface area contributed by atoms with Gasteiger partial charge in [0.1, 0.15) is 0 Å². The second kappa shape index (κ2) is 7.15. The molecule has 0 aliphatic rings. The van der Waals surface area contributed by atoms with E-state index in [4.69, 9.17) is 0 Å². The molecule has 0 saturated carbocycles.